The van der Waals surface area contributed by atoms with Crippen LogP contribution in [-0.4, -0.2) is 50.0 Å². The van der Waals surface area contributed by atoms with Crippen molar-refractivity contribution in [2.75, 3.05) is 19.7 Å². The molecule has 2 aromatic heterocycles. The van der Waals surface area contributed by atoms with E-state index in [9.17, 15) is 14.9 Å². The molecular weight excluding hydrogens is 370 g/mol. The Hall–Kier alpha value is -3.27. The maximum atomic E-state index is 12.8. The van der Waals surface area contributed by atoms with Crippen LogP contribution in [0.3, 0.4) is 0 Å². The minimum atomic E-state index is -0.565. The molecule has 0 bridgehead atoms. The monoisotopic (exact) mass is 385 g/mol. The zero-order chi connectivity index (χ0) is 18.8. The lowest BCUT2D eigenvalue weighted by Gasteiger charge is -2.23. The van der Waals surface area contributed by atoms with Crippen molar-refractivity contribution in [1.29, 1.82) is 0 Å². The van der Waals surface area contributed by atoms with Crippen molar-refractivity contribution in [1.82, 2.24) is 19.4 Å². The van der Waals surface area contributed by atoms with Gasteiger partial charge in [0.25, 0.3) is 5.91 Å². The Labute approximate surface area is 158 Å². The summed E-state index contributed by atoms with van der Waals surface area (Å²) in [5.74, 6) is -0.452. The van der Waals surface area contributed by atoms with Gasteiger partial charge in [-0.2, -0.15) is 0 Å². The van der Waals surface area contributed by atoms with Crippen LogP contribution in [0.25, 0.3) is 10.6 Å². The molecule has 9 nitrogen and oxygen atoms in total. The zero-order valence-corrected chi connectivity index (χ0v) is 15.0. The molecule has 138 valence electrons. The Kier molecular flexibility index (Phi) is 4.55. The summed E-state index contributed by atoms with van der Waals surface area (Å²) in [5, 5.41) is 13.4. The number of rotatable bonds is 3. The van der Waals surface area contributed by atoms with Crippen molar-refractivity contribution >= 4 is 23.1 Å². The molecule has 0 saturated heterocycles. The minimum Gasteiger partial charge on any atom is -0.444 e. The molecule has 1 aromatic carbocycles. The number of nitrogens with zero attached hydrogens (tertiary/aromatic N) is 5. The lowest BCUT2D eigenvalue weighted by atomic mass is 10.2. The summed E-state index contributed by atoms with van der Waals surface area (Å²) in [7, 11) is 0. The van der Waals surface area contributed by atoms with E-state index in [1.54, 1.807) is 14.8 Å². The average Bonchev–Trinajstić information content (AvgIpc) is 3.30. The van der Waals surface area contributed by atoms with Gasteiger partial charge in [-0.3, -0.25) is 9.36 Å². The van der Waals surface area contributed by atoms with Crippen molar-refractivity contribution in [2.24, 2.45) is 0 Å². The van der Waals surface area contributed by atoms with Crippen molar-refractivity contribution in [3.63, 3.8) is 0 Å². The summed E-state index contributed by atoms with van der Waals surface area (Å²) in [6.45, 7) is 1.31. The average molecular weight is 385 g/mol. The second kappa shape index (κ2) is 7.16. The molecule has 0 saturated carbocycles. The third-order valence-corrected chi connectivity index (χ3v) is 5.04. The molecular formula is C17H15N5O4S. The number of amides is 1. The largest absolute Gasteiger partial charge is 0.444 e. The number of thiazole rings is 1. The Morgan fingerprint density at radius 2 is 2.00 bits per heavy atom. The Balaban J connectivity index is 1.49. The molecule has 0 radical (unpaired) electrons. The maximum Gasteiger partial charge on any atom is 0.414 e. The van der Waals surface area contributed by atoms with Crippen LogP contribution in [0.2, 0.25) is 0 Å². The van der Waals surface area contributed by atoms with Crippen molar-refractivity contribution < 1.29 is 14.5 Å². The molecule has 1 aliphatic heterocycles. The number of carbonyl (C=O) groups excluding carboxylic acids is 1. The first kappa shape index (κ1) is 17.2. The van der Waals surface area contributed by atoms with E-state index < -0.39 is 4.92 Å². The molecule has 0 spiro atoms. The molecule has 4 rings (SSSR count). The minimum absolute atomic E-state index is 0.185. The van der Waals surface area contributed by atoms with Crippen molar-refractivity contribution in [3.05, 3.63) is 57.7 Å². The van der Waals surface area contributed by atoms with Gasteiger partial charge in [-0.05, 0) is 4.92 Å². The highest BCUT2D eigenvalue weighted by atomic mass is 32.1. The van der Waals surface area contributed by atoms with Gasteiger partial charge in [-0.1, -0.05) is 30.3 Å². The summed E-state index contributed by atoms with van der Waals surface area (Å²) in [6, 6.07) is 9.88. The van der Waals surface area contributed by atoms with E-state index in [0.717, 1.165) is 10.6 Å². The molecule has 3 aromatic rings. The predicted molar refractivity (Wildman–Crippen MR) is 97.8 cm³/mol. The van der Waals surface area contributed by atoms with Crippen LogP contribution in [0.1, 0.15) is 10.5 Å². The molecule has 1 aliphatic rings. The number of imidazole rings is 1. The molecule has 0 atom stereocenters. The van der Waals surface area contributed by atoms with E-state index >= 15 is 0 Å². The van der Waals surface area contributed by atoms with Gasteiger partial charge < -0.3 is 19.8 Å². The first-order chi connectivity index (χ1) is 13.1. The number of aromatic nitrogens is 3. The Morgan fingerprint density at radius 3 is 2.78 bits per heavy atom. The van der Waals surface area contributed by atoms with Gasteiger partial charge in [0.05, 0.1) is 6.54 Å². The number of carbonyl (C=O) groups is 1. The quantitative estimate of drug-likeness (QED) is 0.507. The van der Waals surface area contributed by atoms with Crippen LogP contribution >= 0.6 is 11.3 Å². The van der Waals surface area contributed by atoms with Crippen LogP contribution in [0.15, 0.2) is 41.9 Å². The number of nitro groups is 1. The molecule has 0 aliphatic carbocycles. The highest BCUT2D eigenvalue weighted by Gasteiger charge is 2.25. The van der Waals surface area contributed by atoms with Crippen LogP contribution in [0, 0.1) is 10.1 Å². The molecule has 3 heterocycles. The van der Waals surface area contributed by atoms with Crippen molar-refractivity contribution in [2.45, 2.75) is 6.54 Å². The summed E-state index contributed by atoms with van der Waals surface area (Å²) in [6.07, 6.45) is 1.32. The summed E-state index contributed by atoms with van der Waals surface area (Å²) < 4.78 is 7.04. The first-order valence-corrected chi connectivity index (χ1v) is 9.14. The predicted octanol–water partition coefficient (Wildman–Crippen LogP) is 2.45. The highest BCUT2D eigenvalue weighted by molar-refractivity contribution is 7.13. The van der Waals surface area contributed by atoms with E-state index in [1.807, 2.05) is 30.3 Å². The van der Waals surface area contributed by atoms with Crippen molar-refractivity contribution in [3.8, 4) is 16.6 Å². The molecule has 10 heteroatoms. The lowest BCUT2D eigenvalue weighted by Crippen LogP contribution is -2.38. The lowest BCUT2D eigenvalue weighted by molar-refractivity contribution is -0.389. The van der Waals surface area contributed by atoms with E-state index in [0.29, 0.717) is 25.3 Å². The molecule has 0 fully saturated rings. The highest BCUT2D eigenvalue weighted by Crippen LogP contribution is 2.24. The smallest absolute Gasteiger partial charge is 0.414 e. The van der Waals surface area contributed by atoms with Crippen LogP contribution < -0.4 is 4.74 Å². The number of fused-ring (bicyclic) bond motifs is 1. The molecule has 27 heavy (non-hydrogen) atoms. The van der Waals surface area contributed by atoms with E-state index in [4.69, 9.17) is 4.74 Å². The van der Waals surface area contributed by atoms with Gasteiger partial charge in [0.2, 0.25) is 0 Å². The fourth-order valence-electron chi connectivity index (χ4n) is 2.79. The van der Waals surface area contributed by atoms with E-state index in [-0.39, 0.29) is 24.3 Å². The van der Waals surface area contributed by atoms with E-state index in [2.05, 4.69) is 9.97 Å². The summed E-state index contributed by atoms with van der Waals surface area (Å²) in [4.78, 5) is 33.1. The molecule has 0 N–H and O–H groups in total. The molecule has 0 unspecified atom stereocenters. The van der Waals surface area contributed by atoms with Crippen LogP contribution in [0.4, 0.5) is 5.82 Å². The maximum absolute atomic E-state index is 12.8. The SMILES string of the molecule is O=C(c1csc(-c2ccccc2)n1)N1CCOc2nc([N+](=O)[O-])cn2CC1. The van der Waals surface area contributed by atoms with Crippen LogP contribution in [-0.2, 0) is 6.54 Å². The van der Waals surface area contributed by atoms with Gasteiger partial charge in [-0.25, -0.2) is 4.98 Å². The topological polar surface area (TPSA) is 103 Å². The number of ether oxygens (including phenoxy) is 1. The first-order valence-electron chi connectivity index (χ1n) is 8.26. The third kappa shape index (κ3) is 3.51. The third-order valence-electron chi connectivity index (χ3n) is 4.15. The summed E-state index contributed by atoms with van der Waals surface area (Å²) >= 11 is 1.42. The summed E-state index contributed by atoms with van der Waals surface area (Å²) in [5.41, 5.74) is 1.35. The second-order valence-corrected chi connectivity index (χ2v) is 6.73. The number of hydrogen-bond donors (Lipinski definition) is 0. The number of hydrogen-bond acceptors (Lipinski definition) is 7. The van der Waals surface area contributed by atoms with Gasteiger partial charge in [0.1, 0.15) is 23.5 Å². The van der Waals surface area contributed by atoms with Crippen LogP contribution in [0.5, 0.6) is 6.01 Å². The zero-order valence-electron chi connectivity index (χ0n) is 14.1. The normalized spacial score (nSPS) is 14.0. The number of benzene rings is 1. The van der Waals surface area contributed by atoms with Gasteiger partial charge in [-0.15, -0.1) is 11.3 Å². The Morgan fingerprint density at radius 1 is 1.19 bits per heavy atom. The fourth-order valence-corrected chi connectivity index (χ4v) is 3.59. The van der Waals surface area contributed by atoms with Gasteiger partial charge in [0.15, 0.2) is 0 Å². The second-order valence-electron chi connectivity index (χ2n) is 5.88. The van der Waals surface area contributed by atoms with Gasteiger partial charge >= 0.3 is 11.8 Å². The fraction of sp³-hybridized carbons (Fsp3) is 0.235. The van der Waals surface area contributed by atoms with E-state index in [1.165, 1.54) is 17.5 Å². The standard InChI is InChI=1S/C17H15N5O4S/c23-16(13-11-27-15(18-13)12-4-2-1-3-5-12)20-6-7-21-10-14(22(24)25)19-17(21)26-9-8-20/h1-5,10-11H,6-9H2. The molecule has 1 amide bonds. The Bertz CT molecular complexity index is 984. The van der Waals surface area contributed by atoms with Gasteiger partial charge in [0, 0.05) is 29.0 Å².